The van der Waals surface area contributed by atoms with E-state index in [1.807, 2.05) is 6.92 Å². The molecule has 2 heterocycles. The normalized spacial score (nSPS) is 10.6. The third kappa shape index (κ3) is 4.46. The highest BCUT2D eigenvalue weighted by atomic mass is 16.6. The number of rotatable bonds is 7. The van der Waals surface area contributed by atoms with E-state index in [9.17, 15) is 19.7 Å². The molecule has 3 rings (SSSR count). The standard InChI is InChI=1S/C18H19N7O4/c1-3-23-11-15(16(22-23)18(27)19-2)21-17(26)13-6-4-12(5-7-13)9-24-10-14(8-20-24)25(28)29/h4-8,10-11H,3,9H2,1-2H3,(H,19,27)(H,21,26). The van der Waals surface area contributed by atoms with Gasteiger partial charge in [0.15, 0.2) is 5.69 Å². The van der Waals surface area contributed by atoms with Crippen molar-refractivity contribution in [2.75, 3.05) is 12.4 Å². The number of benzene rings is 1. The number of aryl methyl sites for hydroxylation is 1. The van der Waals surface area contributed by atoms with Crippen molar-refractivity contribution in [3.05, 3.63) is 69.8 Å². The van der Waals surface area contributed by atoms with Crippen molar-refractivity contribution in [3.8, 4) is 0 Å². The van der Waals surface area contributed by atoms with Crippen molar-refractivity contribution in [1.82, 2.24) is 24.9 Å². The van der Waals surface area contributed by atoms with Crippen LogP contribution in [0, 0.1) is 10.1 Å². The lowest BCUT2D eigenvalue weighted by Gasteiger charge is -2.06. The van der Waals surface area contributed by atoms with Crippen LogP contribution in [0.4, 0.5) is 11.4 Å². The number of amides is 2. The summed E-state index contributed by atoms with van der Waals surface area (Å²) >= 11 is 0. The zero-order chi connectivity index (χ0) is 21.0. The predicted molar refractivity (Wildman–Crippen MR) is 104 cm³/mol. The highest BCUT2D eigenvalue weighted by Crippen LogP contribution is 2.16. The number of anilines is 1. The fourth-order valence-electron chi connectivity index (χ4n) is 2.64. The fourth-order valence-corrected chi connectivity index (χ4v) is 2.64. The summed E-state index contributed by atoms with van der Waals surface area (Å²) < 4.78 is 3.01. The highest BCUT2D eigenvalue weighted by Gasteiger charge is 2.18. The number of hydrogen-bond acceptors (Lipinski definition) is 6. The molecule has 2 aromatic heterocycles. The maximum atomic E-state index is 12.6. The number of nitrogens with one attached hydrogen (secondary N) is 2. The summed E-state index contributed by atoms with van der Waals surface area (Å²) in [6, 6.07) is 6.73. The molecule has 0 aliphatic heterocycles. The van der Waals surface area contributed by atoms with Gasteiger partial charge in [-0.05, 0) is 24.6 Å². The first-order chi connectivity index (χ1) is 13.9. The summed E-state index contributed by atoms with van der Waals surface area (Å²) in [6.45, 7) is 2.76. The maximum Gasteiger partial charge on any atom is 0.307 e. The molecule has 2 amide bonds. The van der Waals surface area contributed by atoms with E-state index in [2.05, 4.69) is 20.8 Å². The lowest BCUT2D eigenvalue weighted by atomic mass is 10.1. The molecule has 0 bridgehead atoms. The van der Waals surface area contributed by atoms with E-state index < -0.39 is 10.8 Å². The van der Waals surface area contributed by atoms with Gasteiger partial charge in [-0.1, -0.05) is 12.1 Å². The maximum absolute atomic E-state index is 12.6. The van der Waals surface area contributed by atoms with Crippen LogP contribution < -0.4 is 10.6 Å². The minimum Gasteiger partial charge on any atom is -0.354 e. The Labute approximate surface area is 165 Å². The highest BCUT2D eigenvalue weighted by molar-refractivity contribution is 6.08. The molecule has 0 spiro atoms. The number of nitro groups is 1. The number of aromatic nitrogens is 4. The van der Waals surface area contributed by atoms with Crippen LogP contribution in [0.1, 0.15) is 33.3 Å². The second-order valence-electron chi connectivity index (χ2n) is 6.13. The fraction of sp³-hybridized carbons (Fsp3) is 0.222. The Morgan fingerprint density at radius 1 is 1.14 bits per heavy atom. The Morgan fingerprint density at radius 2 is 1.86 bits per heavy atom. The SMILES string of the molecule is CCn1cc(NC(=O)c2ccc(Cn3cc([N+](=O)[O-])cn3)cc2)c(C(=O)NC)n1. The van der Waals surface area contributed by atoms with Gasteiger partial charge in [-0.25, -0.2) is 0 Å². The molecule has 1 aromatic carbocycles. The summed E-state index contributed by atoms with van der Waals surface area (Å²) in [5.74, 6) is -0.775. The minimum atomic E-state index is -0.509. The van der Waals surface area contributed by atoms with Gasteiger partial charge in [0.05, 0.1) is 17.2 Å². The average molecular weight is 397 g/mol. The van der Waals surface area contributed by atoms with E-state index in [0.717, 1.165) is 5.56 Å². The Bertz CT molecular complexity index is 1050. The van der Waals surface area contributed by atoms with Gasteiger partial charge in [-0.15, -0.1) is 0 Å². The van der Waals surface area contributed by atoms with Crippen molar-refractivity contribution in [2.45, 2.75) is 20.0 Å². The monoisotopic (exact) mass is 397 g/mol. The average Bonchev–Trinajstić information content (AvgIpc) is 3.35. The van der Waals surface area contributed by atoms with Crippen molar-refractivity contribution in [2.24, 2.45) is 0 Å². The lowest BCUT2D eigenvalue weighted by molar-refractivity contribution is -0.385. The van der Waals surface area contributed by atoms with Crippen molar-refractivity contribution in [1.29, 1.82) is 0 Å². The minimum absolute atomic E-state index is 0.0828. The quantitative estimate of drug-likeness (QED) is 0.459. The van der Waals surface area contributed by atoms with Crippen molar-refractivity contribution in [3.63, 3.8) is 0 Å². The van der Waals surface area contributed by atoms with Gasteiger partial charge in [-0.3, -0.25) is 29.1 Å². The second kappa shape index (κ2) is 8.33. The molecule has 0 atom stereocenters. The molecular formula is C18H19N7O4. The first-order valence-corrected chi connectivity index (χ1v) is 8.78. The topological polar surface area (TPSA) is 137 Å². The molecule has 0 aliphatic carbocycles. The first-order valence-electron chi connectivity index (χ1n) is 8.78. The summed E-state index contributed by atoms with van der Waals surface area (Å²) in [5.41, 5.74) is 1.60. The molecule has 11 heteroatoms. The van der Waals surface area contributed by atoms with Crippen LogP contribution in [0.3, 0.4) is 0 Å². The second-order valence-corrected chi connectivity index (χ2v) is 6.13. The van der Waals surface area contributed by atoms with Gasteiger partial charge in [0.1, 0.15) is 12.4 Å². The summed E-state index contributed by atoms with van der Waals surface area (Å²) in [7, 11) is 1.49. The molecule has 0 aliphatic rings. The largest absolute Gasteiger partial charge is 0.354 e. The van der Waals surface area contributed by atoms with Crippen molar-refractivity contribution < 1.29 is 14.5 Å². The molecular weight excluding hydrogens is 378 g/mol. The molecule has 150 valence electrons. The van der Waals surface area contributed by atoms with Gasteiger partial charge in [0.2, 0.25) is 0 Å². The zero-order valence-corrected chi connectivity index (χ0v) is 15.8. The Morgan fingerprint density at radius 3 is 2.45 bits per heavy atom. The van der Waals surface area contributed by atoms with Gasteiger partial charge in [0.25, 0.3) is 11.8 Å². The Hall–Kier alpha value is -4.02. The number of nitrogens with zero attached hydrogens (tertiary/aromatic N) is 5. The summed E-state index contributed by atoms with van der Waals surface area (Å²) in [5, 5.41) is 24.0. The molecule has 29 heavy (non-hydrogen) atoms. The molecule has 2 N–H and O–H groups in total. The van der Waals surface area contributed by atoms with Gasteiger partial charge < -0.3 is 10.6 Å². The van der Waals surface area contributed by atoms with Crippen LogP contribution in [0.25, 0.3) is 0 Å². The van der Waals surface area contributed by atoms with E-state index in [1.165, 1.54) is 24.1 Å². The smallest absolute Gasteiger partial charge is 0.307 e. The molecule has 3 aromatic rings. The first kappa shape index (κ1) is 19.7. The third-order valence-electron chi connectivity index (χ3n) is 4.17. The van der Waals surface area contributed by atoms with E-state index in [0.29, 0.717) is 24.3 Å². The van der Waals surface area contributed by atoms with E-state index in [4.69, 9.17) is 0 Å². The molecule has 11 nitrogen and oxygen atoms in total. The van der Waals surface area contributed by atoms with Crippen LogP contribution in [-0.2, 0) is 13.1 Å². The van der Waals surface area contributed by atoms with Crippen LogP contribution in [0.15, 0.2) is 42.9 Å². The third-order valence-corrected chi connectivity index (χ3v) is 4.17. The van der Waals surface area contributed by atoms with Gasteiger partial charge >= 0.3 is 5.69 Å². The zero-order valence-electron chi connectivity index (χ0n) is 15.8. The van der Waals surface area contributed by atoms with Crippen LogP contribution in [0.2, 0.25) is 0 Å². The molecule has 0 radical (unpaired) electrons. The Kier molecular flexibility index (Phi) is 5.67. The number of carbonyl (C=O) groups excluding carboxylic acids is 2. The number of carbonyl (C=O) groups is 2. The number of hydrogen-bond donors (Lipinski definition) is 2. The Balaban J connectivity index is 1.71. The van der Waals surface area contributed by atoms with Crippen LogP contribution in [-0.4, -0.2) is 43.3 Å². The van der Waals surface area contributed by atoms with Crippen molar-refractivity contribution >= 4 is 23.2 Å². The summed E-state index contributed by atoms with van der Waals surface area (Å²) in [4.78, 5) is 34.7. The van der Waals surface area contributed by atoms with Gasteiger partial charge in [-0.2, -0.15) is 10.2 Å². The molecule has 0 fully saturated rings. The van der Waals surface area contributed by atoms with E-state index >= 15 is 0 Å². The molecule has 0 saturated heterocycles. The van der Waals surface area contributed by atoms with E-state index in [-0.39, 0.29) is 17.3 Å². The predicted octanol–water partition coefficient (Wildman–Crippen LogP) is 1.67. The molecule has 0 saturated carbocycles. The lowest BCUT2D eigenvalue weighted by Crippen LogP contribution is -2.21. The molecule has 0 unspecified atom stereocenters. The van der Waals surface area contributed by atoms with Crippen LogP contribution in [0.5, 0.6) is 0 Å². The van der Waals surface area contributed by atoms with Crippen LogP contribution >= 0.6 is 0 Å². The van der Waals surface area contributed by atoms with Gasteiger partial charge in [0, 0.05) is 25.4 Å². The van der Waals surface area contributed by atoms with E-state index in [1.54, 1.807) is 35.1 Å². The summed E-state index contributed by atoms with van der Waals surface area (Å²) in [6.07, 6.45) is 4.12.